The molecule has 2 aliphatic rings. The lowest BCUT2D eigenvalue weighted by Gasteiger charge is -2.26. The van der Waals surface area contributed by atoms with Crippen LogP contribution in [-0.2, 0) is 4.79 Å². The number of hydrogen-bond acceptors (Lipinski definition) is 3. The minimum atomic E-state index is 0.0427. The third-order valence-electron chi connectivity index (χ3n) is 4.65. The molecule has 2 fully saturated rings. The molecule has 5 heteroatoms. The predicted molar refractivity (Wildman–Crippen MR) is 86.4 cm³/mol. The Morgan fingerprint density at radius 3 is 2.95 bits per heavy atom. The summed E-state index contributed by atoms with van der Waals surface area (Å²) in [4.78, 5) is 14.5. The van der Waals surface area contributed by atoms with Gasteiger partial charge in [-0.2, -0.15) is 0 Å². The third kappa shape index (κ3) is 3.50. The van der Waals surface area contributed by atoms with Crippen LogP contribution < -0.4 is 11.1 Å². The topological polar surface area (TPSA) is 58.4 Å². The van der Waals surface area contributed by atoms with Gasteiger partial charge in [-0.25, -0.2) is 0 Å². The summed E-state index contributed by atoms with van der Waals surface area (Å²) in [5.41, 5.74) is 6.92. The van der Waals surface area contributed by atoms with Crippen LogP contribution in [0.2, 0.25) is 5.02 Å². The average Bonchev–Trinajstić information content (AvgIpc) is 3.05. The van der Waals surface area contributed by atoms with Gasteiger partial charge in [0.15, 0.2) is 0 Å². The molecular weight excluding hydrogens is 286 g/mol. The number of halogens is 1. The Hall–Kier alpha value is -1.26. The van der Waals surface area contributed by atoms with Crippen LogP contribution in [0.5, 0.6) is 0 Å². The number of fused-ring (bicyclic) bond motifs is 2. The van der Waals surface area contributed by atoms with Crippen molar-refractivity contribution in [1.82, 2.24) is 4.90 Å². The second-order valence-electron chi connectivity index (χ2n) is 6.22. The van der Waals surface area contributed by atoms with Crippen LogP contribution in [-0.4, -0.2) is 29.9 Å². The fourth-order valence-corrected chi connectivity index (χ4v) is 3.71. The summed E-state index contributed by atoms with van der Waals surface area (Å²) in [6, 6.07) is 5.96. The van der Waals surface area contributed by atoms with Crippen molar-refractivity contribution in [3.8, 4) is 0 Å². The van der Waals surface area contributed by atoms with Gasteiger partial charge in [0.1, 0.15) is 0 Å². The number of nitrogen functional groups attached to an aromatic ring is 1. The van der Waals surface area contributed by atoms with E-state index in [0.29, 0.717) is 22.8 Å². The fourth-order valence-electron chi connectivity index (χ4n) is 3.59. The van der Waals surface area contributed by atoms with Crippen molar-refractivity contribution in [3.05, 3.63) is 23.2 Å². The van der Waals surface area contributed by atoms with Gasteiger partial charge in [0.25, 0.3) is 0 Å². The molecule has 0 aromatic heterocycles. The summed E-state index contributed by atoms with van der Waals surface area (Å²) in [5.74, 6) is 0.960. The Morgan fingerprint density at radius 1 is 1.43 bits per heavy atom. The molecule has 2 unspecified atom stereocenters. The van der Waals surface area contributed by atoms with Crippen LogP contribution in [0.15, 0.2) is 18.2 Å². The second kappa shape index (κ2) is 6.24. The maximum Gasteiger partial charge on any atom is 0.224 e. The molecular formula is C16H22ClN3O. The molecule has 1 aromatic carbocycles. The van der Waals surface area contributed by atoms with E-state index in [0.717, 1.165) is 24.9 Å². The van der Waals surface area contributed by atoms with Crippen LogP contribution in [0.4, 0.5) is 11.4 Å². The minimum Gasteiger partial charge on any atom is -0.397 e. The van der Waals surface area contributed by atoms with Gasteiger partial charge in [-0.15, -0.1) is 0 Å². The normalized spacial score (nSPS) is 24.4. The van der Waals surface area contributed by atoms with E-state index >= 15 is 0 Å². The molecule has 4 nitrogen and oxygen atoms in total. The van der Waals surface area contributed by atoms with Crippen LogP contribution in [0.1, 0.15) is 32.1 Å². The Labute approximate surface area is 130 Å². The molecule has 0 spiro atoms. The predicted octanol–water partition coefficient (Wildman–Crippen LogP) is 3.13. The van der Waals surface area contributed by atoms with Crippen LogP contribution in [0.25, 0.3) is 0 Å². The average molecular weight is 308 g/mol. The highest BCUT2D eigenvalue weighted by molar-refractivity contribution is 6.33. The van der Waals surface area contributed by atoms with Crippen molar-refractivity contribution < 1.29 is 4.79 Å². The molecule has 1 aliphatic heterocycles. The van der Waals surface area contributed by atoms with Gasteiger partial charge in [-0.05, 0) is 56.3 Å². The summed E-state index contributed by atoms with van der Waals surface area (Å²) in [6.07, 6.45) is 5.59. The number of rotatable bonds is 5. The first-order valence-electron chi connectivity index (χ1n) is 7.71. The van der Waals surface area contributed by atoms with Gasteiger partial charge in [-0.3, -0.25) is 4.79 Å². The summed E-state index contributed by atoms with van der Waals surface area (Å²) in [7, 11) is 0. The highest BCUT2D eigenvalue weighted by Gasteiger charge is 2.36. The number of carbonyl (C=O) groups excluding carboxylic acids is 1. The summed E-state index contributed by atoms with van der Waals surface area (Å²) in [5, 5.41) is 3.38. The van der Waals surface area contributed by atoms with E-state index < -0.39 is 0 Å². The number of nitrogens with two attached hydrogens (primary N) is 1. The van der Waals surface area contributed by atoms with Crippen LogP contribution in [0.3, 0.4) is 0 Å². The lowest BCUT2D eigenvalue weighted by atomic mass is 10.1. The number of carbonyl (C=O) groups is 1. The Kier molecular flexibility index (Phi) is 4.36. The van der Waals surface area contributed by atoms with Crippen LogP contribution >= 0.6 is 11.6 Å². The maximum atomic E-state index is 11.9. The van der Waals surface area contributed by atoms with Gasteiger partial charge in [0.2, 0.25) is 5.91 Å². The highest BCUT2D eigenvalue weighted by Crippen LogP contribution is 2.37. The molecule has 21 heavy (non-hydrogen) atoms. The molecule has 2 atom stereocenters. The minimum absolute atomic E-state index is 0.0427. The van der Waals surface area contributed by atoms with Crippen LogP contribution in [0, 0.1) is 5.92 Å². The molecule has 3 rings (SSSR count). The van der Waals surface area contributed by atoms with Gasteiger partial charge in [-0.1, -0.05) is 11.6 Å². The van der Waals surface area contributed by atoms with E-state index in [4.69, 9.17) is 17.3 Å². The number of amides is 1. The molecule has 1 saturated carbocycles. The van der Waals surface area contributed by atoms with Gasteiger partial charge < -0.3 is 16.0 Å². The molecule has 3 N–H and O–H groups in total. The largest absolute Gasteiger partial charge is 0.397 e. The van der Waals surface area contributed by atoms with E-state index in [2.05, 4.69) is 10.2 Å². The van der Waals surface area contributed by atoms with Gasteiger partial charge in [0.05, 0.1) is 10.7 Å². The zero-order valence-electron chi connectivity index (χ0n) is 12.1. The first-order valence-corrected chi connectivity index (χ1v) is 8.08. The third-order valence-corrected chi connectivity index (χ3v) is 5.00. The Bertz CT molecular complexity index is 534. The molecule has 114 valence electrons. The second-order valence-corrected chi connectivity index (χ2v) is 6.62. The molecule has 1 saturated heterocycles. The molecule has 0 radical (unpaired) electrons. The lowest BCUT2D eigenvalue weighted by molar-refractivity contribution is -0.116. The van der Waals surface area contributed by atoms with Gasteiger partial charge >= 0.3 is 0 Å². The molecule has 1 heterocycles. The van der Waals surface area contributed by atoms with E-state index in [9.17, 15) is 4.79 Å². The zero-order chi connectivity index (χ0) is 14.8. The van der Waals surface area contributed by atoms with Crippen molar-refractivity contribution in [3.63, 3.8) is 0 Å². The van der Waals surface area contributed by atoms with E-state index in [1.165, 1.54) is 25.8 Å². The highest BCUT2D eigenvalue weighted by atomic mass is 35.5. The zero-order valence-corrected chi connectivity index (χ0v) is 12.9. The standard InChI is InChI=1S/C16H22ClN3O/c17-14-6-4-12(9-15(14)18)19-16(21)2-1-7-20-10-11-3-5-13(20)8-11/h4,6,9,11,13H,1-3,5,7-8,10,18H2,(H,19,21). The SMILES string of the molecule is Nc1cc(NC(=O)CCCN2CC3CCC2C3)ccc1Cl. The molecule has 1 aliphatic carbocycles. The van der Waals surface area contributed by atoms with Crippen molar-refractivity contribution in [2.45, 2.75) is 38.1 Å². The summed E-state index contributed by atoms with van der Waals surface area (Å²) < 4.78 is 0. The molecule has 1 aromatic rings. The Balaban J connectivity index is 1.41. The van der Waals surface area contributed by atoms with E-state index in [1.54, 1.807) is 18.2 Å². The van der Waals surface area contributed by atoms with E-state index in [-0.39, 0.29) is 5.91 Å². The van der Waals surface area contributed by atoms with Crippen molar-refractivity contribution in [2.24, 2.45) is 5.92 Å². The number of piperidine rings is 1. The number of benzene rings is 1. The Morgan fingerprint density at radius 2 is 2.29 bits per heavy atom. The summed E-state index contributed by atoms with van der Waals surface area (Å²) >= 11 is 5.86. The first kappa shape index (κ1) is 14.7. The quantitative estimate of drug-likeness (QED) is 0.822. The number of likely N-dealkylation sites (tertiary alicyclic amines) is 1. The van der Waals surface area contributed by atoms with E-state index in [1.807, 2.05) is 0 Å². The molecule has 2 bridgehead atoms. The first-order chi connectivity index (χ1) is 10.1. The van der Waals surface area contributed by atoms with Crippen molar-refractivity contribution in [1.29, 1.82) is 0 Å². The van der Waals surface area contributed by atoms with Crippen molar-refractivity contribution >= 4 is 28.9 Å². The van der Waals surface area contributed by atoms with Gasteiger partial charge in [0, 0.05) is 24.7 Å². The smallest absolute Gasteiger partial charge is 0.224 e. The fraction of sp³-hybridized carbons (Fsp3) is 0.562. The number of nitrogens with zero attached hydrogens (tertiary/aromatic N) is 1. The number of anilines is 2. The molecule has 1 amide bonds. The lowest BCUT2D eigenvalue weighted by Crippen LogP contribution is -2.33. The van der Waals surface area contributed by atoms with Crippen molar-refractivity contribution in [2.75, 3.05) is 24.1 Å². The maximum absolute atomic E-state index is 11.9. The number of nitrogens with one attached hydrogen (secondary N) is 1. The number of hydrogen-bond donors (Lipinski definition) is 2. The monoisotopic (exact) mass is 307 g/mol. The summed E-state index contributed by atoms with van der Waals surface area (Å²) in [6.45, 7) is 2.28.